The number of aromatic nitrogens is 4. The quantitative estimate of drug-likeness (QED) is 0.821. The molecule has 1 atom stereocenters. The molecule has 0 saturated heterocycles. The zero-order valence-electron chi connectivity index (χ0n) is 10.5. The first-order valence-electron chi connectivity index (χ1n) is 5.59. The van der Waals surface area contributed by atoms with Crippen LogP contribution in [0.25, 0.3) is 5.65 Å². The van der Waals surface area contributed by atoms with E-state index in [1.807, 2.05) is 6.07 Å². The highest BCUT2D eigenvalue weighted by Crippen LogP contribution is 2.21. The molecular weight excluding hydrogens is 218 g/mol. The van der Waals surface area contributed by atoms with Crippen LogP contribution in [0.2, 0.25) is 0 Å². The fourth-order valence-corrected chi connectivity index (χ4v) is 1.32. The lowest BCUT2D eigenvalue weighted by molar-refractivity contribution is 0.358. The topological polar surface area (TPSA) is 75.1 Å². The fourth-order valence-electron chi connectivity index (χ4n) is 1.32. The maximum atomic E-state index is 11.4. The summed E-state index contributed by atoms with van der Waals surface area (Å²) in [6.45, 7) is 8.53. The summed E-state index contributed by atoms with van der Waals surface area (Å²) in [4.78, 5) is 11.4. The van der Waals surface area contributed by atoms with E-state index < -0.39 is 0 Å². The first-order valence-corrected chi connectivity index (χ1v) is 5.59. The molecule has 0 saturated carbocycles. The first-order chi connectivity index (χ1) is 7.88. The van der Waals surface area contributed by atoms with E-state index in [2.05, 4.69) is 48.3 Å². The van der Waals surface area contributed by atoms with E-state index in [1.54, 1.807) is 6.07 Å². The molecule has 0 aromatic carbocycles. The van der Waals surface area contributed by atoms with E-state index in [0.29, 0.717) is 11.5 Å². The summed E-state index contributed by atoms with van der Waals surface area (Å²) in [5.74, 6) is 0.670. The number of rotatable bonds is 2. The van der Waals surface area contributed by atoms with Crippen molar-refractivity contribution in [1.82, 2.24) is 19.8 Å². The molecular formula is C11H17N5O. The molecule has 0 radical (unpaired) electrons. The van der Waals surface area contributed by atoms with Gasteiger partial charge in [0.05, 0.1) is 0 Å². The number of fused-ring (bicyclic) bond motifs is 1. The third kappa shape index (κ3) is 2.30. The van der Waals surface area contributed by atoms with Gasteiger partial charge in [0.2, 0.25) is 0 Å². The second-order valence-electron chi connectivity index (χ2n) is 5.25. The molecule has 0 aliphatic heterocycles. The van der Waals surface area contributed by atoms with Crippen LogP contribution in [0.3, 0.4) is 0 Å². The average molecular weight is 235 g/mol. The SMILES string of the molecule is CC(Nc1ccc2n[nH]c(=O)n2n1)C(C)(C)C. The molecule has 2 rings (SSSR count). The van der Waals surface area contributed by atoms with Gasteiger partial charge < -0.3 is 5.32 Å². The number of aromatic amines is 1. The summed E-state index contributed by atoms with van der Waals surface area (Å²) >= 11 is 0. The second kappa shape index (κ2) is 3.87. The Labute approximate surface area is 99.0 Å². The summed E-state index contributed by atoms with van der Waals surface area (Å²) in [5.41, 5.74) is 0.314. The Morgan fingerprint density at radius 1 is 1.41 bits per heavy atom. The molecule has 0 aliphatic rings. The lowest BCUT2D eigenvalue weighted by Gasteiger charge is -2.28. The minimum Gasteiger partial charge on any atom is -0.366 e. The zero-order valence-corrected chi connectivity index (χ0v) is 10.5. The van der Waals surface area contributed by atoms with Crippen LogP contribution in [-0.4, -0.2) is 25.9 Å². The summed E-state index contributed by atoms with van der Waals surface area (Å²) in [5, 5.41) is 13.6. The van der Waals surface area contributed by atoms with Crippen LogP contribution in [0.5, 0.6) is 0 Å². The predicted molar refractivity (Wildman–Crippen MR) is 66.1 cm³/mol. The highest BCUT2D eigenvalue weighted by atomic mass is 16.2. The Morgan fingerprint density at radius 2 is 2.12 bits per heavy atom. The van der Waals surface area contributed by atoms with Gasteiger partial charge in [-0.25, -0.2) is 9.89 Å². The van der Waals surface area contributed by atoms with Gasteiger partial charge in [0.1, 0.15) is 5.82 Å². The van der Waals surface area contributed by atoms with Crippen molar-refractivity contribution >= 4 is 11.5 Å². The van der Waals surface area contributed by atoms with E-state index in [1.165, 1.54) is 4.52 Å². The molecule has 2 aromatic heterocycles. The molecule has 0 bridgehead atoms. The van der Waals surface area contributed by atoms with Crippen LogP contribution >= 0.6 is 0 Å². The first kappa shape index (κ1) is 11.6. The number of hydrogen-bond acceptors (Lipinski definition) is 4. The van der Waals surface area contributed by atoms with Crippen molar-refractivity contribution in [2.24, 2.45) is 5.41 Å². The lowest BCUT2D eigenvalue weighted by atomic mass is 9.88. The van der Waals surface area contributed by atoms with Gasteiger partial charge in [0.15, 0.2) is 5.65 Å². The highest BCUT2D eigenvalue weighted by Gasteiger charge is 2.20. The monoisotopic (exact) mass is 235 g/mol. The molecule has 6 nitrogen and oxygen atoms in total. The number of anilines is 1. The zero-order chi connectivity index (χ0) is 12.6. The smallest absolute Gasteiger partial charge is 0.364 e. The Morgan fingerprint density at radius 3 is 2.76 bits per heavy atom. The van der Waals surface area contributed by atoms with Crippen LogP contribution in [-0.2, 0) is 0 Å². The van der Waals surface area contributed by atoms with Crippen LogP contribution in [0.1, 0.15) is 27.7 Å². The molecule has 92 valence electrons. The summed E-state index contributed by atoms with van der Waals surface area (Å²) < 4.78 is 1.25. The Kier molecular flexibility index (Phi) is 2.65. The second-order valence-corrected chi connectivity index (χ2v) is 5.25. The van der Waals surface area contributed by atoms with Crippen molar-refractivity contribution in [1.29, 1.82) is 0 Å². The number of nitrogens with zero attached hydrogens (tertiary/aromatic N) is 3. The molecule has 6 heteroatoms. The molecule has 17 heavy (non-hydrogen) atoms. The van der Waals surface area contributed by atoms with E-state index in [-0.39, 0.29) is 17.1 Å². The van der Waals surface area contributed by atoms with Gasteiger partial charge in [-0.1, -0.05) is 20.8 Å². The van der Waals surface area contributed by atoms with Gasteiger partial charge in [-0.15, -0.1) is 5.10 Å². The van der Waals surface area contributed by atoms with Crippen LogP contribution < -0.4 is 11.0 Å². The fraction of sp³-hybridized carbons (Fsp3) is 0.545. The lowest BCUT2D eigenvalue weighted by Crippen LogP contribution is -2.31. The third-order valence-corrected chi connectivity index (χ3v) is 2.94. The molecule has 0 fully saturated rings. The van der Waals surface area contributed by atoms with Crippen molar-refractivity contribution in [3.63, 3.8) is 0 Å². The van der Waals surface area contributed by atoms with Gasteiger partial charge >= 0.3 is 5.69 Å². The maximum Gasteiger partial charge on any atom is 0.364 e. The Balaban J connectivity index is 2.31. The summed E-state index contributed by atoms with van der Waals surface area (Å²) in [6.07, 6.45) is 0. The standard InChI is InChI=1S/C11H17N5O/c1-7(11(2,3)4)12-8-5-6-9-13-14-10(17)16(9)15-8/h5-7H,1-4H3,(H,12,15)(H,14,17). The van der Waals surface area contributed by atoms with E-state index in [0.717, 1.165) is 0 Å². The number of hydrogen-bond donors (Lipinski definition) is 2. The number of nitrogens with one attached hydrogen (secondary N) is 2. The molecule has 2 N–H and O–H groups in total. The highest BCUT2D eigenvalue weighted by molar-refractivity contribution is 5.43. The largest absolute Gasteiger partial charge is 0.366 e. The molecule has 2 heterocycles. The van der Waals surface area contributed by atoms with Crippen LogP contribution in [0, 0.1) is 5.41 Å². The van der Waals surface area contributed by atoms with E-state index in [9.17, 15) is 4.79 Å². The molecule has 2 aromatic rings. The van der Waals surface area contributed by atoms with Gasteiger partial charge in [0.25, 0.3) is 0 Å². The Bertz CT molecular complexity index is 577. The van der Waals surface area contributed by atoms with Crippen molar-refractivity contribution < 1.29 is 0 Å². The summed E-state index contributed by atoms with van der Waals surface area (Å²) in [7, 11) is 0. The number of H-pyrrole nitrogens is 1. The van der Waals surface area contributed by atoms with Gasteiger partial charge in [-0.2, -0.15) is 9.61 Å². The van der Waals surface area contributed by atoms with Gasteiger partial charge in [0, 0.05) is 6.04 Å². The molecule has 1 unspecified atom stereocenters. The van der Waals surface area contributed by atoms with Crippen molar-refractivity contribution in [2.45, 2.75) is 33.7 Å². The minimum absolute atomic E-state index is 0.123. The van der Waals surface area contributed by atoms with E-state index >= 15 is 0 Å². The van der Waals surface area contributed by atoms with Crippen molar-refractivity contribution in [3.05, 3.63) is 22.6 Å². The van der Waals surface area contributed by atoms with E-state index in [4.69, 9.17) is 0 Å². The van der Waals surface area contributed by atoms with Crippen molar-refractivity contribution in [3.8, 4) is 0 Å². The predicted octanol–water partition coefficient (Wildman–Crippen LogP) is 1.26. The molecule has 0 spiro atoms. The average Bonchev–Trinajstić information content (AvgIpc) is 2.59. The van der Waals surface area contributed by atoms with Gasteiger partial charge in [-0.05, 0) is 24.5 Å². The van der Waals surface area contributed by atoms with Crippen LogP contribution in [0.15, 0.2) is 16.9 Å². The van der Waals surface area contributed by atoms with Crippen molar-refractivity contribution in [2.75, 3.05) is 5.32 Å². The normalized spacial score (nSPS) is 13.9. The van der Waals surface area contributed by atoms with Crippen LogP contribution in [0.4, 0.5) is 5.82 Å². The maximum absolute atomic E-state index is 11.4. The molecule has 0 aliphatic carbocycles. The third-order valence-electron chi connectivity index (χ3n) is 2.94. The summed E-state index contributed by atoms with van der Waals surface area (Å²) in [6, 6.07) is 3.82. The minimum atomic E-state index is -0.327. The molecule has 0 amide bonds. The van der Waals surface area contributed by atoms with Gasteiger partial charge in [-0.3, -0.25) is 0 Å². The Hall–Kier alpha value is -1.85.